The SMILES string of the molecule is CCCOc1c(C(=O)O)cc(S(=O)(=O)O)cc1C(=O)O. The van der Waals surface area contributed by atoms with E-state index in [0.717, 1.165) is 0 Å². The maximum Gasteiger partial charge on any atom is 0.339 e. The van der Waals surface area contributed by atoms with E-state index in [1.807, 2.05) is 0 Å². The molecule has 9 heteroatoms. The fourth-order valence-electron chi connectivity index (χ4n) is 1.43. The van der Waals surface area contributed by atoms with Gasteiger partial charge in [-0.1, -0.05) is 6.92 Å². The minimum atomic E-state index is -4.73. The van der Waals surface area contributed by atoms with E-state index in [4.69, 9.17) is 19.5 Å². The van der Waals surface area contributed by atoms with E-state index >= 15 is 0 Å². The predicted octanol–water partition coefficient (Wildman–Crippen LogP) is 1.12. The number of hydrogen-bond donors (Lipinski definition) is 3. The number of hydrogen-bond acceptors (Lipinski definition) is 5. The maximum atomic E-state index is 11.1. The third kappa shape index (κ3) is 3.45. The molecule has 0 aliphatic rings. The first kappa shape index (κ1) is 15.9. The molecule has 0 aromatic heterocycles. The van der Waals surface area contributed by atoms with Gasteiger partial charge in [-0.3, -0.25) is 4.55 Å². The topological polar surface area (TPSA) is 138 Å². The van der Waals surface area contributed by atoms with E-state index < -0.39 is 43.8 Å². The van der Waals surface area contributed by atoms with Crippen molar-refractivity contribution in [2.45, 2.75) is 18.2 Å². The third-order valence-electron chi connectivity index (χ3n) is 2.27. The van der Waals surface area contributed by atoms with Gasteiger partial charge in [0.25, 0.3) is 10.1 Å². The summed E-state index contributed by atoms with van der Waals surface area (Å²) in [7, 11) is -4.73. The van der Waals surface area contributed by atoms with Crippen molar-refractivity contribution in [3.63, 3.8) is 0 Å². The Hall–Kier alpha value is -2.13. The third-order valence-corrected chi connectivity index (χ3v) is 3.10. The molecule has 8 nitrogen and oxygen atoms in total. The maximum absolute atomic E-state index is 11.1. The Morgan fingerprint density at radius 1 is 1.15 bits per heavy atom. The zero-order chi connectivity index (χ0) is 15.5. The number of carbonyl (C=O) groups is 2. The van der Waals surface area contributed by atoms with Crippen LogP contribution in [-0.2, 0) is 10.1 Å². The fraction of sp³-hybridized carbons (Fsp3) is 0.273. The second-order valence-electron chi connectivity index (χ2n) is 3.78. The van der Waals surface area contributed by atoms with Gasteiger partial charge >= 0.3 is 11.9 Å². The molecule has 20 heavy (non-hydrogen) atoms. The van der Waals surface area contributed by atoms with Crippen molar-refractivity contribution in [2.24, 2.45) is 0 Å². The zero-order valence-electron chi connectivity index (χ0n) is 10.4. The van der Waals surface area contributed by atoms with E-state index in [2.05, 4.69) is 0 Å². The molecule has 0 atom stereocenters. The van der Waals surface area contributed by atoms with Crippen molar-refractivity contribution < 1.29 is 37.5 Å². The summed E-state index contributed by atoms with van der Waals surface area (Å²) in [5.41, 5.74) is -1.29. The molecule has 1 rings (SSSR count). The van der Waals surface area contributed by atoms with Crippen molar-refractivity contribution >= 4 is 22.1 Å². The van der Waals surface area contributed by atoms with Gasteiger partial charge in [0.1, 0.15) is 16.9 Å². The Labute approximate surface area is 114 Å². The molecule has 0 unspecified atom stereocenters. The molecule has 0 aliphatic heterocycles. The minimum Gasteiger partial charge on any atom is -0.492 e. The van der Waals surface area contributed by atoms with Crippen molar-refractivity contribution in [2.75, 3.05) is 6.61 Å². The lowest BCUT2D eigenvalue weighted by Crippen LogP contribution is -2.12. The Bertz CT molecular complexity index is 611. The van der Waals surface area contributed by atoms with Crippen molar-refractivity contribution in [1.29, 1.82) is 0 Å². The molecule has 1 aromatic rings. The number of benzene rings is 1. The molecule has 0 spiro atoms. The van der Waals surface area contributed by atoms with E-state index in [-0.39, 0.29) is 6.61 Å². The lowest BCUT2D eigenvalue weighted by Gasteiger charge is -2.12. The van der Waals surface area contributed by atoms with Crippen LogP contribution in [0.25, 0.3) is 0 Å². The molecule has 0 aliphatic carbocycles. The van der Waals surface area contributed by atoms with Crippen LogP contribution in [0, 0.1) is 0 Å². The van der Waals surface area contributed by atoms with Crippen LogP contribution in [-0.4, -0.2) is 41.7 Å². The number of ether oxygens (including phenoxy) is 1. The van der Waals surface area contributed by atoms with E-state index in [1.54, 1.807) is 6.92 Å². The monoisotopic (exact) mass is 304 g/mol. The summed E-state index contributed by atoms with van der Waals surface area (Å²) in [6.45, 7) is 1.79. The Kier molecular flexibility index (Phi) is 4.69. The summed E-state index contributed by atoms with van der Waals surface area (Å²) in [6, 6.07) is 1.30. The second-order valence-corrected chi connectivity index (χ2v) is 5.20. The molecule has 0 saturated heterocycles. The highest BCUT2D eigenvalue weighted by molar-refractivity contribution is 7.85. The van der Waals surface area contributed by atoms with Crippen LogP contribution >= 0.6 is 0 Å². The Morgan fingerprint density at radius 2 is 1.60 bits per heavy atom. The number of carboxylic acids is 2. The van der Waals surface area contributed by atoms with E-state index in [1.165, 1.54) is 0 Å². The minimum absolute atomic E-state index is 0.0613. The summed E-state index contributed by atoms with van der Waals surface area (Å²) >= 11 is 0. The molecular formula is C11H12O8S. The van der Waals surface area contributed by atoms with Crippen LogP contribution < -0.4 is 4.74 Å². The van der Waals surface area contributed by atoms with Gasteiger partial charge in [0, 0.05) is 0 Å². The summed E-state index contributed by atoms with van der Waals surface area (Å²) in [6.07, 6.45) is 0.498. The molecule has 0 bridgehead atoms. The average Bonchev–Trinajstić information content (AvgIpc) is 2.33. The fourth-order valence-corrected chi connectivity index (χ4v) is 1.96. The van der Waals surface area contributed by atoms with Gasteiger partial charge < -0.3 is 14.9 Å². The quantitative estimate of drug-likeness (QED) is 0.664. The van der Waals surface area contributed by atoms with Crippen LogP contribution in [0.15, 0.2) is 17.0 Å². The molecule has 0 amide bonds. The molecule has 0 heterocycles. The van der Waals surface area contributed by atoms with Gasteiger partial charge in [0.05, 0.1) is 11.5 Å². The first-order valence-electron chi connectivity index (χ1n) is 5.43. The van der Waals surface area contributed by atoms with Crippen LogP contribution in [0.4, 0.5) is 0 Å². The summed E-state index contributed by atoms with van der Waals surface area (Å²) < 4.78 is 36.1. The van der Waals surface area contributed by atoms with Crippen LogP contribution in [0.5, 0.6) is 5.75 Å². The van der Waals surface area contributed by atoms with Gasteiger partial charge in [0.15, 0.2) is 0 Å². The number of rotatable bonds is 6. The first-order chi connectivity index (χ1) is 9.18. The smallest absolute Gasteiger partial charge is 0.339 e. The molecule has 0 saturated carbocycles. The van der Waals surface area contributed by atoms with Crippen molar-refractivity contribution in [3.8, 4) is 5.75 Å². The van der Waals surface area contributed by atoms with Crippen LogP contribution in [0.2, 0.25) is 0 Å². The van der Waals surface area contributed by atoms with Gasteiger partial charge in [-0.05, 0) is 18.6 Å². The van der Waals surface area contributed by atoms with Crippen molar-refractivity contribution in [3.05, 3.63) is 23.3 Å². The molecular weight excluding hydrogens is 292 g/mol. The van der Waals surface area contributed by atoms with Crippen LogP contribution in [0.3, 0.4) is 0 Å². The van der Waals surface area contributed by atoms with E-state index in [9.17, 15) is 18.0 Å². The highest BCUT2D eigenvalue weighted by Crippen LogP contribution is 2.28. The average molecular weight is 304 g/mol. The van der Waals surface area contributed by atoms with Gasteiger partial charge in [-0.2, -0.15) is 8.42 Å². The highest BCUT2D eigenvalue weighted by Gasteiger charge is 2.25. The molecule has 0 radical (unpaired) electrons. The predicted molar refractivity (Wildman–Crippen MR) is 66.0 cm³/mol. The van der Waals surface area contributed by atoms with Crippen LogP contribution in [0.1, 0.15) is 34.1 Å². The molecule has 0 fully saturated rings. The number of carboxylic acid groups (broad SMARTS) is 2. The van der Waals surface area contributed by atoms with Gasteiger partial charge in [0.2, 0.25) is 0 Å². The highest BCUT2D eigenvalue weighted by atomic mass is 32.2. The Balaban J connectivity index is 3.63. The molecule has 3 N–H and O–H groups in total. The summed E-state index contributed by atoms with van der Waals surface area (Å²) in [4.78, 5) is 21.4. The van der Waals surface area contributed by atoms with Gasteiger partial charge in [-0.15, -0.1) is 0 Å². The lowest BCUT2D eigenvalue weighted by molar-refractivity contribution is 0.0688. The Morgan fingerprint density at radius 3 is 1.90 bits per heavy atom. The van der Waals surface area contributed by atoms with Crippen molar-refractivity contribution in [1.82, 2.24) is 0 Å². The van der Waals surface area contributed by atoms with E-state index in [0.29, 0.717) is 18.6 Å². The van der Waals surface area contributed by atoms with Gasteiger partial charge in [-0.25, -0.2) is 9.59 Å². The first-order valence-corrected chi connectivity index (χ1v) is 6.87. The lowest BCUT2D eigenvalue weighted by atomic mass is 10.1. The second kappa shape index (κ2) is 5.88. The zero-order valence-corrected chi connectivity index (χ0v) is 11.2. The molecule has 1 aromatic carbocycles. The largest absolute Gasteiger partial charge is 0.492 e. The summed E-state index contributed by atoms with van der Waals surface area (Å²) in [5, 5.41) is 18.0. The summed E-state index contributed by atoms with van der Waals surface area (Å²) in [5.74, 6) is -3.58. The number of aromatic carboxylic acids is 2. The standard InChI is InChI=1S/C11H12O8S/c1-2-3-19-9-7(10(12)13)4-6(20(16,17)18)5-8(9)11(14)15/h4-5H,2-3H2,1H3,(H,12,13)(H,14,15)(H,16,17,18). The molecule has 110 valence electrons. The normalized spacial score (nSPS) is 11.1.